The number of ether oxygens (including phenoxy) is 2. The van der Waals surface area contributed by atoms with Gasteiger partial charge >= 0.3 is 0 Å². The van der Waals surface area contributed by atoms with Gasteiger partial charge in [0.15, 0.2) is 0 Å². The molecule has 0 saturated heterocycles. The third-order valence-corrected chi connectivity index (χ3v) is 4.36. The average molecular weight is 387 g/mol. The molecule has 0 aliphatic heterocycles. The minimum atomic E-state index is -0.517. The predicted octanol–water partition coefficient (Wildman–Crippen LogP) is 3.46. The zero-order valence-electron chi connectivity index (χ0n) is 16.5. The number of rotatable bonds is 9. The molecule has 0 aliphatic rings. The third kappa shape index (κ3) is 5.43. The molecular weight excluding hydrogens is 362 g/mol. The normalized spacial score (nSPS) is 11.8. The number of hydrogen-bond donors (Lipinski definition) is 1. The molecule has 0 radical (unpaired) electrons. The van der Waals surface area contributed by atoms with E-state index in [1.165, 1.54) is 25.3 Å². The van der Waals surface area contributed by atoms with E-state index in [-0.39, 0.29) is 17.3 Å². The molecule has 1 atom stereocenters. The summed E-state index contributed by atoms with van der Waals surface area (Å²) in [7, 11) is 3.28. The van der Waals surface area contributed by atoms with Gasteiger partial charge in [-0.1, -0.05) is 12.1 Å². The summed E-state index contributed by atoms with van der Waals surface area (Å²) < 4.78 is 10.6. The molecule has 0 aromatic heterocycles. The molecule has 0 aliphatic carbocycles. The van der Waals surface area contributed by atoms with Crippen molar-refractivity contribution in [1.29, 1.82) is 0 Å². The van der Waals surface area contributed by atoms with Gasteiger partial charge in [0.25, 0.3) is 5.69 Å². The Morgan fingerprint density at radius 2 is 1.93 bits per heavy atom. The fraction of sp³-hybridized carbons (Fsp3) is 0.350. The molecule has 2 aromatic carbocycles. The first-order valence-electron chi connectivity index (χ1n) is 8.91. The van der Waals surface area contributed by atoms with Crippen LogP contribution in [0.2, 0.25) is 0 Å². The number of carbonyl (C=O) groups excluding carboxylic acids is 1. The molecule has 8 nitrogen and oxygen atoms in total. The van der Waals surface area contributed by atoms with Crippen molar-refractivity contribution in [2.45, 2.75) is 26.4 Å². The van der Waals surface area contributed by atoms with Crippen LogP contribution in [-0.2, 0) is 11.3 Å². The van der Waals surface area contributed by atoms with E-state index in [1.807, 2.05) is 43.1 Å². The van der Waals surface area contributed by atoms with Gasteiger partial charge in [-0.2, -0.15) is 0 Å². The number of nitrogens with one attached hydrogen (secondary N) is 1. The molecule has 1 amide bonds. The molecule has 2 rings (SSSR count). The Kier molecular flexibility index (Phi) is 7.34. The predicted molar refractivity (Wildman–Crippen MR) is 107 cm³/mol. The Morgan fingerprint density at radius 1 is 1.25 bits per heavy atom. The van der Waals surface area contributed by atoms with Crippen LogP contribution in [0.3, 0.4) is 0 Å². The fourth-order valence-corrected chi connectivity index (χ4v) is 2.63. The number of non-ortho nitro benzene ring substituents is 1. The van der Waals surface area contributed by atoms with Crippen molar-refractivity contribution in [2.75, 3.05) is 26.1 Å². The Hall–Kier alpha value is -3.13. The van der Waals surface area contributed by atoms with Crippen molar-refractivity contribution >= 4 is 17.3 Å². The van der Waals surface area contributed by atoms with Crippen molar-refractivity contribution in [2.24, 2.45) is 0 Å². The highest BCUT2D eigenvalue weighted by atomic mass is 16.6. The first-order valence-corrected chi connectivity index (χ1v) is 8.91. The van der Waals surface area contributed by atoms with Gasteiger partial charge in [-0.05, 0) is 44.7 Å². The van der Waals surface area contributed by atoms with Crippen LogP contribution in [0.5, 0.6) is 11.5 Å². The summed E-state index contributed by atoms with van der Waals surface area (Å²) >= 11 is 0. The van der Waals surface area contributed by atoms with Gasteiger partial charge in [-0.3, -0.25) is 19.8 Å². The van der Waals surface area contributed by atoms with Crippen LogP contribution in [0.15, 0.2) is 42.5 Å². The van der Waals surface area contributed by atoms with Crippen molar-refractivity contribution in [3.63, 3.8) is 0 Å². The molecule has 1 N–H and O–H groups in total. The molecule has 0 saturated carbocycles. The lowest BCUT2D eigenvalue weighted by Gasteiger charge is -2.24. The Labute approximate surface area is 164 Å². The summed E-state index contributed by atoms with van der Waals surface area (Å²) in [6.07, 6.45) is 0. The number of nitro groups is 1. The first-order chi connectivity index (χ1) is 13.3. The van der Waals surface area contributed by atoms with Crippen LogP contribution >= 0.6 is 0 Å². The quantitative estimate of drug-likeness (QED) is 0.523. The minimum absolute atomic E-state index is 0.119. The highest BCUT2D eigenvalue weighted by Gasteiger charge is 2.21. The second kappa shape index (κ2) is 9.70. The molecule has 0 bridgehead atoms. The number of amides is 1. The maximum absolute atomic E-state index is 12.6. The van der Waals surface area contributed by atoms with Gasteiger partial charge < -0.3 is 14.8 Å². The van der Waals surface area contributed by atoms with Gasteiger partial charge in [0, 0.05) is 18.7 Å². The molecule has 28 heavy (non-hydrogen) atoms. The zero-order chi connectivity index (χ0) is 20.7. The topological polar surface area (TPSA) is 93.9 Å². The van der Waals surface area contributed by atoms with E-state index in [0.717, 1.165) is 11.3 Å². The maximum Gasteiger partial charge on any atom is 0.271 e. The number of nitro benzene ring substituents is 1. The van der Waals surface area contributed by atoms with Crippen molar-refractivity contribution in [3.05, 3.63) is 58.1 Å². The smallest absolute Gasteiger partial charge is 0.271 e. The standard InChI is InChI=1S/C20H25N3O5/c1-5-28-17-9-6-15(7-10-17)13-22(3)14(2)20(24)21-18-12-16(23(25)26)8-11-19(18)27-4/h6-12,14H,5,13H2,1-4H3,(H,21,24)/t14-/m1/s1. The largest absolute Gasteiger partial charge is 0.495 e. The van der Waals surface area contributed by atoms with Gasteiger partial charge in [-0.15, -0.1) is 0 Å². The molecule has 150 valence electrons. The van der Waals surface area contributed by atoms with E-state index in [1.54, 1.807) is 6.92 Å². The lowest BCUT2D eigenvalue weighted by molar-refractivity contribution is -0.384. The lowest BCUT2D eigenvalue weighted by Crippen LogP contribution is -2.39. The summed E-state index contributed by atoms with van der Waals surface area (Å²) in [6.45, 7) is 4.87. The zero-order valence-corrected chi connectivity index (χ0v) is 16.5. The number of nitrogens with zero attached hydrogens (tertiary/aromatic N) is 2. The Morgan fingerprint density at radius 3 is 2.50 bits per heavy atom. The van der Waals surface area contributed by atoms with Crippen LogP contribution in [0.1, 0.15) is 19.4 Å². The second-order valence-electron chi connectivity index (χ2n) is 6.30. The van der Waals surface area contributed by atoms with Gasteiger partial charge in [-0.25, -0.2) is 0 Å². The van der Waals surface area contributed by atoms with E-state index >= 15 is 0 Å². The first kappa shape index (κ1) is 21.2. The summed E-state index contributed by atoms with van der Waals surface area (Å²) in [5.41, 5.74) is 1.19. The van der Waals surface area contributed by atoms with Crippen molar-refractivity contribution < 1.29 is 19.2 Å². The Bertz CT molecular complexity index is 823. The van der Waals surface area contributed by atoms with Gasteiger partial charge in [0.1, 0.15) is 11.5 Å². The monoisotopic (exact) mass is 387 g/mol. The average Bonchev–Trinajstić information content (AvgIpc) is 2.68. The lowest BCUT2D eigenvalue weighted by atomic mass is 10.1. The summed E-state index contributed by atoms with van der Waals surface area (Å²) in [4.78, 5) is 25.0. The van der Waals surface area contributed by atoms with Crippen LogP contribution in [0.4, 0.5) is 11.4 Å². The number of hydrogen-bond acceptors (Lipinski definition) is 6. The van der Waals surface area contributed by atoms with E-state index in [9.17, 15) is 14.9 Å². The molecule has 2 aromatic rings. The van der Waals surface area contributed by atoms with Crippen molar-refractivity contribution in [1.82, 2.24) is 4.90 Å². The van der Waals surface area contributed by atoms with Gasteiger partial charge in [0.2, 0.25) is 5.91 Å². The number of likely N-dealkylation sites (N-methyl/N-ethyl adjacent to an activating group) is 1. The highest BCUT2D eigenvalue weighted by Crippen LogP contribution is 2.29. The summed E-state index contributed by atoms with van der Waals surface area (Å²) in [5.74, 6) is 0.880. The molecular formula is C20H25N3O5. The molecule has 8 heteroatoms. The van der Waals surface area contributed by atoms with E-state index < -0.39 is 11.0 Å². The highest BCUT2D eigenvalue weighted by molar-refractivity contribution is 5.96. The summed E-state index contributed by atoms with van der Waals surface area (Å²) in [6, 6.07) is 11.3. The molecule has 0 spiro atoms. The van der Waals surface area contributed by atoms with Crippen LogP contribution in [0, 0.1) is 10.1 Å². The SMILES string of the molecule is CCOc1ccc(CN(C)[C@H](C)C(=O)Nc2cc([N+](=O)[O-])ccc2OC)cc1. The van der Waals surface area contributed by atoms with Crippen molar-refractivity contribution in [3.8, 4) is 11.5 Å². The second-order valence-corrected chi connectivity index (χ2v) is 6.30. The number of benzene rings is 2. The Balaban J connectivity index is 2.05. The molecule has 0 fully saturated rings. The number of anilines is 1. The molecule has 0 unspecified atom stereocenters. The van der Waals surface area contributed by atoms with E-state index in [0.29, 0.717) is 18.9 Å². The third-order valence-electron chi connectivity index (χ3n) is 4.36. The van der Waals surface area contributed by atoms with E-state index in [2.05, 4.69) is 5.32 Å². The number of methoxy groups -OCH3 is 1. The maximum atomic E-state index is 12.6. The van der Waals surface area contributed by atoms with Crippen LogP contribution in [0.25, 0.3) is 0 Å². The van der Waals surface area contributed by atoms with E-state index in [4.69, 9.17) is 9.47 Å². The molecule has 0 heterocycles. The van der Waals surface area contributed by atoms with Gasteiger partial charge in [0.05, 0.1) is 30.4 Å². The summed E-state index contributed by atoms with van der Waals surface area (Å²) in [5, 5.41) is 13.7. The number of carbonyl (C=O) groups is 1. The minimum Gasteiger partial charge on any atom is -0.495 e. The van der Waals surface area contributed by atoms with Crippen LogP contribution < -0.4 is 14.8 Å². The van der Waals surface area contributed by atoms with Crippen LogP contribution in [-0.4, -0.2) is 42.5 Å². The fourth-order valence-electron chi connectivity index (χ4n) is 2.63.